The van der Waals surface area contributed by atoms with Crippen LogP contribution in [0.4, 0.5) is 5.69 Å². The maximum absolute atomic E-state index is 13.5. The zero-order valence-electron chi connectivity index (χ0n) is 19.7. The zero-order chi connectivity index (χ0) is 25.3. The van der Waals surface area contributed by atoms with Crippen molar-refractivity contribution in [3.8, 4) is 5.75 Å². The molecule has 3 aromatic carbocycles. The van der Waals surface area contributed by atoms with Gasteiger partial charge in [-0.2, -0.15) is 11.8 Å². The van der Waals surface area contributed by atoms with Crippen LogP contribution in [0.1, 0.15) is 17.5 Å². The van der Waals surface area contributed by atoms with Crippen molar-refractivity contribution >= 4 is 45.0 Å². The second kappa shape index (κ2) is 12.9. The Hall–Kier alpha value is -2.68. The van der Waals surface area contributed by atoms with Gasteiger partial charge in [0, 0.05) is 17.3 Å². The van der Waals surface area contributed by atoms with Gasteiger partial charge < -0.3 is 10.1 Å². The standard InChI is InChI=1S/C26H29ClN2O4S2/c1-20-16-24(12-13-25(20)33-2)35(31,32)29(23-10-4-3-5-11-23)18-26(30)28-14-7-15-34-19-21-8-6-9-22(27)17-21/h3-6,8-13,16-17H,7,14-15,18-19H2,1-2H3,(H,28,30). The van der Waals surface area contributed by atoms with E-state index in [4.69, 9.17) is 16.3 Å². The maximum atomic E-state index is 13.5. The summed E-state index contributed by atoms with van der Waals surface area (Å²) in [5, 5.41) is 3.56. The zero-order valence-corrected chi connectivity index (χ0v) is 22.1. The fourth-order valence-corrected chi connectivity index (χ4v) is 6.08. The number of hydrogen-bond donors (Lipinski definition) is 1. The summed E-state index contributed by atoms with van der Waals surface area (Å²) in [5.41, 5.74) is 2.28. The first-order valence-electron chi connectivity index (χ1n) is 11.1. The molecule has 186 valence electrons. The Morgan fingerprint density at radius 3 is 2.51 bits per heavy atom. The SMILES string of the molecule is COc1ccc(S(=O)(=O)N(CC(=O)NCCCSCc2cccc(Cl)c2)c2ccccc2)cc1C. The summed E-state index contributed by atoms with van der Waals surface area (Å²) in [4.78, 5) is 12.8. The lowest BCUT2D eigenvalue weighted by Crippen LogP contribution is -2.41. The summed E-state index contributed by atoms with van der Waals surface area (Å²) < 4.78 is 33.4. The molecular weight excluding hydrogens is 504 g/mol. The molecule has 0 aliphatic heterocycles. The van der Waals surface area contributed by atoms with Gasteiger partial charge in [0.15, 0.2) is 0 Å². The van der Waals surface area contributed by atoms with Crippen molar-refractivity contribution in [2.75, 3.05) is 30.3 Å². The van der Waals surface area contributed by atoms with E-state index in [-0.39, 0.29) is 17.3 Å². The quantitative estimate of drug-likeness (QED) is 0.321. The molecule has 0 atom stereocenters. The number of halogens is 1. The van der Waals surface area contributed by atoms with Crippen molar-refractivity contribution in [2.24, 2.45) is 0 Å². The molecule has 0 saturated heterocycles. The number of aryl methyl sites for hydroxylation is 1. The Morgan fingerprint density at radius 1 is 1.06 bits per heavy atom. The third-order valence-electron chi connectivity index (χ3n) is 5.23. The highest BCUT2D eigenvalue weighted by atomic mass is 35.5. The molecule has 0 heterocycles. The van der Waals surface area contributed by atoms with Gasteiger partial charge in [0.2, 0.25) is 5.91 Å². The number of rotatable bonds is 12. The minimum absolute atomic E-state index is 0.102. The number of amides is 1. The number of ether oxygens (including phenoxy) is 1. The van der Waals surface area contributed by atoms with Crippen molar-refractivity contribution in [3.63, 3.8) is 0 Å². The van der Waals surface area contributed by atoms with Gasteiger partial charge in [-0.1, -0.05) is 41.9 Å². The van der Waals surface area contributed by atoms with Crippen LogP contribution >= 0.6 is 23.4 Å². The molecule has 9 heteroatoms. The van der Waals surface area contributed by atoms with Crippen LogP contribution in [0.3, 0.4) is 0 Å². The second-order valence-electron chi connectivity index (χ2n) is 7.86. The van der Waals surface area contributed by atoms with Crippen LogP contribution in [0.5, 0.6) is 5.75 Å². The number of thioether (sulfide) groups is 1. The van der Waals surface area contributed by atoms with Crippen molar-refractivity contribution < 1.29 is 17.9 Å². The lowest BCUT2D eigenvalue weighted by atomic mass is 10.2. The van der Waals surface area contributed by atoms with Crippen molar-refractivity contribution in [1.29, 1.82) is 0 Å². The summed E-state index contributed by atoms with van der Waals surface area (Å²) in [6, 6.07) is 21.0. The first-order valence-corrected chi connectivity index (χ1v) is 14.1. The number of carbonyl (C=O) groups is 1. The fraction of sp³-hybridized carbons (Fsp3) is 0.269. The Bertz CT molecular complexity index is 1240. The smallest absolute Gasteiger partial charge is 0.264 e. The van der Waals surface area contributed by atoms with Gasteiger partial charge in [0.1, 0.15) is 12.3 Å². The maximum Gasteiger partial charge on any atom is 0.264 e. The number of hydrogen-bond acceptors (Lipinski definition) is 5. The highest BCUT2D eigenvalue weighted by molar-refractivity contribution is 7.98. The summed E-state index contributed by atoms with van der Waals surface area (Å²) in [7, 11) is -2.43. The highest BCUT2D eigenvalue weighted by Crippen LogP contribution is 2.27. The lowest BCUT2D eigenvalue weighted by molar-refractivity contribution is -0.119. The van der Waals surface area contributed by atoms with E-state index >= 15 is 0 Å². The number of sulfonamides is 1. The van der Waals surface area contributed by atoms with Gasteiger partial charge in [0.05, 0.1) is 17.7 Å². The molecule has 1 N–H and O–H groups in total. The molecule has 0 saturated carbocycles. The molecule has 0 aliphatic rings. The van der Waals surface area contributed by atoms with Gasteiger partial charge in [-0.15, -0.1) is 0 Å². The molecule has 35 heavy (non-hydrogen) atoms. The van der Waals surface area contributed by atoms with Crippen molar-refractivity contribution in [3.05, 3.63) is 88.9 Å². The van der Waals surface area contributed by atoms with Crippen molar-refractivity contribution in [2.45, 2.75) is 24.0 Å². The van der Waals surface area contributed by atoms with Gasteiger partial charge in [-0.3, -0.25) is 9.10 Å². The fourth-order valence-electron chi connectivity index (χ4n) is 3.45. The number of nitrogens with one attached hydrogen (secondary N) is 1. The van der Waals surface area contributed by atoms with Gasteiger partial charge >= 0.3 is 0 Å². The molecule has 3 rings (SSSR count). The summed E-state index contributed by atoms with van der Waals surface area (Å²) in [6.07, 6.45) is 0.771. The topological polar surface area (TPSA) is 75.7 Å². The minimum Gasteiger partial charge on any atom is -0.496 e. The minimum atomic E-state index is -3.97. The molecule has 6 nitrogen and oxygen atoms in total. The van der Waals surface area contributed by atoms with E-state index in [1.165, 1.54) is 13.2 Å². The highest BCUT2D eigenvalue weighted by Gasteiger charge is 2.27. The Labute approximate surface area is 216 Å². The molecule has 3 aromatic rings. The monoisotopic (exact) mass is 532 g/mol. The first-order chi connectivity index (χ1) is 16.8. The van der Waals surface area contributed by atoms with Gasteiger partial charge in [-0.25, -0.2) is 8.42 Å². The molecule has 0 aliphatic carbocycles. The average Bonchev–Trinajstić information content (AvgIpc) is 2.85. The van der Waals surface area contributed by atoms with E-state index in [2.05, 4.69) is 5.32 Å². The summed E-state index contributed by atoms with van der Waals surface area (Å²) >= 11 is 7.77. The third kappa shape index (κ3) is 7.65. The van der Waals surface area contributed by atoms with E-state index in [0.717, 1.165) is 32.8 Å². The third-order valence-corrected chi connectivity index (χ3v) is 8.35. The van der Waals surface area contributed by atoms with E-state index in [1.807, 2.05) is 24.3 Å². The Balaban J connectivity index is 1.60. The molecule has 1 amide bonds. The molecule has 0 unspecified atom stereocenters. The van der Waals surface area contributed by atoms with E-state index < -0.39 is 10.0 Å². The predicted molar refractivity (Wildman–Crippen MR) is 144 cm³/mol. The first kappa shape index (κ1) is 26.9. The Morgan fingerprint density at radius 2 is 1.83 bits per heavy atom. The largest absolute Gasteiger partial charge is 0.496 e. The number of nitrogens with zero attached hydrogens (tertiary/aromatic N) is 1. The van der Waals surface area contributed by atoms with E-state index in [9.17, 15) is 13.2 Å². The predicted octanol–water partition coefficient (Wildman–Crippen LogP) is 5.29. The number of carbonyl (C=O) groups excluding carboxylic acids is 1. The van der Waals surface area contributed by atoms with Crippen LogP contribution in [-0.4, -0.2) is 40.3 Å². The van der Waals surface area contributed by atoms with E-state index in [1.54, 1.807) is 61.2 Å². The van der Waals surface area contributed by atoms with E-state index in [0.29, 0.717) is 23.5 Å². The van der Waals surface area contributed by atoms with Crippen LogP contribution in [-0.2, 0) is 20.6 Å². The number of benzene rings is 3. The van der Waals surface area contributed by atoms with Crippen LogP contribution in [0.25, 0.3) is 0 Å². The van der Waals surface area contributed by atoms with Crippen molar-refractivity contribution in [1.82, 2.24) is 5.32 Å². The molecule has 0 radical (unpaired) electrons. The number of methoxy groups -OCH3 is 1. The summed E-state index contributed by atoms with van der Waals surface area (Å²) in [6.45, 7) is 1.93. The molecular formula is C26H29ClN2O4S2. The van der Waals surface area contributed by atoms with Crippen LogP contribution in [0.2, 0.25) is 5.02 Å². The number of para-hydroxylation sites is 1. The molecule has 0 bridgehead atoms. The molecule has 0 aromatic heterocycles. The van der Waals surface area contributed by atoms with Crippen LogP contribution in [0.15, 0.2) is 77.7 Å². The number of anilines is 1. The second-order valence-corrected chi connectivity index (χ2v) is 11.3. The Kier molecular flexibility index (Phi) is 9.89. The lowest BCUT2D eigenvalue weighted by Gasteiger charge is -2.24. The average molecular weight is 533 g/mol. The van der Waals surface area contributed by atoms with Crippen LogP contribution < -0.4 is 14.4 Å². The van der Waals surface area contributed by atoms with Gasteiger partial charge in [0.25, 0.3) is 10.0 Å². The van der Waals surface area contributed by atoms with Gasteiger partial charge in [-0.05, 0) is 72.7 Å². The normalized spacial score (nSPS) is 11.2. The molecule has 0 spiro atoms. The molecule has 0 fully saturated rings. The summed E-state index contributed by atoms with van der Waals surface area (Å²) in [5.74, 6) is 1.94. The van der Waals surface area contributed by atoms with Crippen LogP contribution in [0, 0.1) is 6.92 Å².